The molecule has 1 aliphatic rings. The predicted octanol–water partition coefficient (Wildman–Crippen LogP) is 1.36. The standard InChI is InChI=1S/C14H20N2O4.ClH/c1-18-11-8-10(14(17)16-5-3-2-4-15)9-12-13(11)20-7-6-19-12;/h8-9H,2-7,15H2,1H3,(H,16,17);1H. The molecular formula is C14H21ClN2O4. The van der Waals surface area contributed by atoms with Gasteiger partial charge in [0.15, 0.2) is 11.5 Å². The van der Waals surface area contributed by atoms with E-state index >= 15 is 0 Å². The highest BCUT2D eigenvalue weighted by atomic mass is 35.5. The molecule has 0 atom stereocenters. The third-order valence-electron chi connectivity index (χ3n) is 3.01. The molecule has 21 heavy (non-hydrogen) atoms. The Kier molecular flexibility index (Phi) is 7.11. The molecule has 0 unspecified atom stereocenters. The number of ether oxygens (including phenoxy) is 3. The molecule has 6 nitrogen and oxygen atoms in total. The zero-order valence-corrected chi connectivity index (χ0v) is 12.8. The van der Waals surface area contributed by atoms with E-state index in [1.165, 1.54) is 7.11 Å². The molecule has 118 valence electrons. The minimum absolute atomic E-state index is 0. The lowest BCUT2D eigenvalue weighted by molar-refractivity contribution is 0.0951. The number of fused-ring (bicyclic) bond motifs is 1. The fourth-order valence-electron chi connectivity index (χ4n) is 1.98. The molecule has 0 bridgehead atoms. The highest BCUT2D eigenvalue weighted by Crippen LogP contribution is 2.40. The molecule has 0 saturated carbocycles. The second-order valence-electron chi connectivity index (χ2n) is 4.45. The molecule has 0 spiro atoms. The zero-order valence-electron chi connectivity index (χ0n) is 12.0. The molecule has 0 fully saturated rings. The van der Waals surface area contributed by atoms with E-state index in [0.717, 1.165) is 12.8 Å². The lowest BCUT2D eigenvalue weighted by Gasteiger charge is -2.21. The summed E-state index contributed by atoms with van der Waals surface area (Å²) in [7, 11) is 1.54. The van der Waals surface area contributed by atoms with Crippen LogP contribution in [-0.2, 0) is 0 Å². The van der Waals surface area contributed by atoms with E-state index in [4.69, 9.17) is 19.9 Å². The van der Waals surface area contributed by atoms with Gasteiger partial charge in [0.25, 0.3) is 5.91 Å². The molecule has 3 N–H and O–H groups in total. The largest absolute Gasteiger partial charge is 0.493 e. The maximum absolute atomic E-state index is 12.1. The van der Waals surface area contributed by atoms with Crippen LogP contribution in [0.1, 0.15) is 23.2 Å². The van der Waals surface area contributed by atoms with Crippen LogP contribution in [0.2, 0.25) is 0 Å². The number of amides is 1. The van der Waals surface area contributed by atoms with Gasteiger partial charge < -0.3 is 25.3 Å². The molecule has 0 aliphatic carbocycles. The van der Waals surface area contributed by atoms with E-state index in [2.05, 4.69) is 5.32 Å². The molecule has 2 rings (SSSR count). The summed E-state index contributed by atoms with van der Waals surface area (Å²) in [5, 5.41) is 2.85. The van der Waals surface area contributed by atoms with Gasteiger partial charge in [0.2, 0.25) is 5.75 Å². The van der Waals surface area contributed by atoms with Gasteiger partial charge >= 0.3 is 0 Å². The number of carbonyl (C=O) groups excluding carboxylic acids is 1. The average Bonchev–Trinajstić information content (AvgIpc) is 2.50. The number of carbonyl (C=O) groups is 1. The Balaban J connectivity index is 0.00000220. The van der Waals surface area contributed by atoms with E-state index in [-0.39, 0.29) is 18.3 Å². The first-order valence-corrected chi connectivity index (χ1v) is 6.72. The minimum Gasteiger partial charge on any atom is -0.493 e. The highest BCUT2D eigenvalue weighted by Gasteiger charge is 2.20. The first-order chi connectivity index (χ1) is 9.76. The van der Waals surface area contributed by atoms with Crippen LogP contribution in [0.4, 0.5) is 0 Å². The number of hydrogen-bond donors (Lipinski definition) is 2. The van der Waals surface area contributed by atoms with Crippen LogP contribution in [0.15, 0.2) is 12.1 Å². The van der Waals surface area contributed by atoms with Gasteiger partial charge in [-0.3, -0.25) is 4.79 Å². The number of benzene rings is 1. The molecular weight excluding hydrogens is 296 g/mol. The van der Waals surface area contributed by atoms with Crippen molar-refractivity contribution in [3.8, 4) is 17.2 Å². The van der Waals surface area contributed by atoms with Crippen LogP contribution in [0.3, 0.4) is 0 Å². The molecule has 1 amide bonds. The fourth-order valence-corrected chi connectivity index (χ4v) is 1.98. The van der Waals surface area contributed by atoms with Gasteiger partial charge in [0.1, 0.15) is 13.2 Å². The second kappa shape index (κ2) is 8.59. The van der Waals surface area contributed by atoms with Gasteiger partial charge in [-0.05, 0) is 31.5 Å². The molecule has 0 saturated heterocycles. The summed E-state index contributed by atoms with van der Waals surface area (Å²) in [6.07, 6.45) is 1.76. The summed E-state index contributed by atoms with van der Waals surface area (Å²) in [4.78, 5) is 12.1. The van der Waals surface area contributed by atoms with Crippen molar-refractivity contribution in [1.29, 1.82) is 0 Å². The van der Waals surface area contributed by atoms with Crippen molar-refractivity contribution < 1.29 is 19.0 Å². The van der Waals surface area contributed by atoms with Crippen molar-refractivity contribution in [2.24, 2.45) is 5.73 Å². The Morgan fingerprint density at radius 1 is 1.33 bits per heavy atom. The average molecular weight is 317 g/mol. The molecule has 1 aromatic rings. The van der Waals surface area contributed by atoms with E-state index in [0.29, 0.717) is 49.1 Å². The molecule has 1 aliphatic heterocycles. The van der Waals surface area contributed by atoms with E-state index in [1.807, 2.05) is 0 Å². The summed E-state index contributed by atoms with van der Waals surface area (Å²) in [5.74, 6) is 1.45. The number of hydrogen-bond acceptors (Lipinski definition) is 5. The topological polar surface area (TPSA) is 82.8 Å². The molecule has 0 radical (unpaired) electrons. The maximum atomic E-state index is 12.1. The lowest BCUT2D eigenvalue weighted by atomic mass is 10.1. The van der Waals surface area contributed by atoms with Gasteiger partial charge in [-0.1, -0.05) is 0 Å². The lowest BCUT2D eigenvalue weighted by Crippen LogP contribution is -2.25. The Bertz CT molecular complexity index is 465. The highest BCUT2D eigenvalue weighted by molar-refractivity contribution is 5.95. The Labute approximate surface area is 130 Å². The number of rotatable bonds is 6. The van der Waals surface area contributed by atoms with Crippen LogP contribution in [0.25, 0.3) is 0 Å². The van der Waals surface area contributed by atoms with Crippen molar-refractivity contribution >= 4 is 18.3 Å². The van der Waals surface area contributed by atoms with Crippen LogP contribution >= 0.6 is 12.4 Å². The fraction of sp³-hybridized carbons (Fsp3) is 0.500. The Hall–Kier alpha value is -1.66. The number of halogens is 1. The number of methoxy groups -OCH3 is 1. The first-order valence-electron chi connectivity index (χ1n) is 6.72. The quantitative estimate of drug-likeness (QED) is 0.774. The number of nitrogens with one attached hydrogen (secondary N) is 1. The van der Waals surface area contributed by atoms with Crippen molar-refractivity contribution in [3.63, 3.8) is 0 Å². The Morgan fingerprint density at radius 3 is 2.81 bits per heavy atom. The van der Waals surface area contributed by atoms with Gasteiger partial charge in [0.05, 0.1) is 7.11 Å². The van der Waals surface area contributed by atoms with Crippen LogP contribution in [0.5, 0.6) is 17.2 Å². The number of unbranched alkanes of at least 4 members (excludes halogenated alkanes) is 1. The van der Waals surface area contributed by atoms with Crippen LogP contribution < -0.4 is 25.3 Å². The van der Waals surface area contributed by atoms with Crippen molar-refractivity contribution in [2.75, 3.05) is 33.4 Å². The summed E-state index contributed by atoms with van der Waals surface area (Å²) in [6, 6.07) is 3.33. The van der Waals surface area contributed by atoms with Gasteiger partial charge in [-0.2, -0.15) is 0 Å². The predicted molar refractivity (Wildman–Crippen MR) is 81.9 cm³/mol. The maximum Gasteiger partial charge on any atom is 0.251 e. The smallest absolute Gasteiger partial charge is 0.251 e. The minimum atomic E-state index is -0.155. The van der Waals surface area contributed by atoms with E-state index in [1.54, 1.807) is 12.1 Å². The number of nitrogens with two attached hydrogens (primary N) is 1. The zero-order chi connectivity index (χ0) is 14.4. The molecule has 1 aromatic carbocycles. The normalized spacial score (nSPS) is 12.3. The summed E-state index contributed by atoms with van der Waals surface area (Å²) >= 11 is 0. The summed E-state index contributed by atoms with van der Waals surface area (Å²) < 4.78 is 16.2. The summed E-state index contributed by atoms with van der Waals surface area (Å²) in [5.41, 5.74) is 5.91. The van der Waals surface area contributed by atoms with Crippen molar-refractivity contribution in [1.82, 2.24) is 5.32 Å². The van der Waals surface area contributed by atoms with Gasteiger partial charge in [-0.15, -0.1) is 12.4 Å². The van der Waals surface area contributed by atoms with Gasteiger partial charge in [0, 0.05) is 12.1 Å². The van der Waals surface area contributed by atoms with Crippen molar-refractivity contribution in [2.45, 2.75) is 12.8 Å². The summed E-state index contributed by atoms with van der Waals surface area (Å²) in [6.45, 7) is 2.19. The second-order valence-corrected chi connectivity index (χ2v) is 4.45. The molecule has 1 heterocycles. The monoisotopic (exact) mass is 316 g/mol. The third-order valence-corrected chi connectivity index (χ3v) is 3.01. The van der Waals surface area contributed by atoms with E-state index in [9.17, 15) is 4.79 Å². The Morgan fingerprint density at radius 2 is 2.10 bits per heavy atom. The van der Waals surface area contributed by atoms with E-state index < -0.39 is 0 Å². The van der Waals surface area contributed by atoms with Crippen molar-refractivity contribution in [3.05, 3.63) is 17.7 Å². The van der Waals surface area contributed by atoms with Crippen LogP contribution in [-0.4, -0.2) is 39.3 Å². The molecule has 7 heteroatoms. The van der Waals surface area contributed by atoms with Gasteiger partial charge in [-0.25, -0.2) is 0 Å². The molecule has 0 aromatic heterocycles. The third kappa shape index (κ3) is 4.41. The SMILES string of the molecule is COc1cc(C(=O)NCCCCN)cc2c1OCCO2.Cl. The van der Waals surface area contributed by atoms with Crippen LogP contribution in [0, 0.1) is 0 Å². The first kappa shape index (κ1) is 17.4.